The standard InChI is InChI=1S/C20H14FN3O2S/c21-15-6-3-5-13(9-15)17-11-27-20(23-17)24-18(25)10-14-8-12-4-1-2-7-16(12)22-19(14)26/h1-9,11H,10H2,(H,22,26)(H,23,24,25). The van der Waals surface area contributed by atoms with Crippen LogP contribution in [0.2, 0.25) is 0 Å². The molecular formula is C20H14FN3O2S. The van der Waals surface area contributed by atoms with E-state index in [-0.39, 0.29) is 23.7 Å². The fourth-order valence-electron chi connectivity index (χ4n) is 2.77. The topological polar surface area (TPSA) is 74.8 Å². The van der Waals surface area contributed by atoms with Crippen LogP contribution < -0.4 is 10.9 Å². The highest BCUT2D eigenvalue weighted by Crippen LogP contribution is 2.25. The lowest BCUT2D eigenvalue weighted by Gasteiger charge is -2.04. The van der Waals surface area contributed by atoms with Gasteiger partial charge in [-0.15, -0.1) is 11.3 Å². The van der Waals surface area contributed by atoms with Crippen molar-refractivity contribution < 1.29 is 9.18 Å². The molecule has 2 N–H and O–H groups in total. The molecule has 0 atom stereocenters. The van der Waals surface area contributed by atoms with Crippen LogP contribution in [0.4, 0.5) is 9.52 Å². The highest BCUT2D eigenvalue weighted by atomic mass is 32.1. The van der Waals surface area contributed by atoms with E-state index in [1.54, 1.807) is 23.6 Å². The molecule has 0 saturated carbocycles. The maximum absolute atomic E-state index is 13.3. The van der Waals surface area contributed by atoms with Crippen LogP contribution in [0, 0.1) is 5.82 Å². The van der Waals surface area contributed by atoms with Crippen LogP contribution in [0.25, 0.3) is 22.2 Å². The third-order valence-electron chi connectivity index (χ3n) is 4.05. The minimum atomic E-state index is -0.346. The van der Waals surface area contributed by atoms with Gasteiger partial charge in [0.15, 0.2) is 5.13 Å². The zero-order valence-electron chi connectivity index (χ0n) is 14.0. The number of carbonyl (C=O) groups is 1. The van der Waals surface area contributed by atoms with Crippen molar-refractivity contribution >= 4 is 33.3 Å². The number of thiazole rings is 1. The first-order valence-corrected chi connectivity index (χ1v) is 9.09. The molecule has 134 valence electrons. The molecule has 0 aliphatic rings. The summed E-state index contributed by atoms with van der Waals surface area (Å²) in [6, 6.07) is 15.2. The van der Waals surface area contributed by atoms with Crippen LogP contribution in [-0.2, 0) is 11.2 Å². The molecule has 27 heavy (non-hydrogen) atoms. The number of para-hydroxylation sites is 1. The highest BCUT2D eigenvalue weighted by molar-refractivity contribution is 7.14. The van der Waals surface area contributed by atoms with Crippen LogP contribution in [0.1, 0.15) is 5.56 Å². The summed E-state index contributed by atoms with van der Waals surface area (Å²) in [5, 5.41) is 5.70. The van der Waals surface area contributed by atoms with Gasteiger partial charge < -0.3 is 10.3 Å². The van der Waals surface area contributed by atoms with Crippen molar-refractivity contribution in [2.45, 2.75) is 6.42 Å². The number of fused-ring (bicyclic) bond motifs is 1. The van der Waals surface area contributed by atoms with Crippen molar-refractivity contribution in [3.05, 3.63) is 81.7 Å². The monoisotopic (exact) mass is 379 g/mol. The Labute approximate surface area is 157 Å². The van der Waals surface area contributed by atoms with Gasteiger partial charge in [0.1, 0.15) is 5.82 Å². The minimum Gasteiger partial charge on any atom is -0.322 e. The Balaban J connectivity index is 1.50. The summed E-state index contributed by atoms with van der Waals surface area (Å²) < 4.78 is 13.3. The predicted octanol–water partition coefficient (Wildman–Crippen LogP) is 3.97. The van der Waals surface area contributed by atoms with Gasteiger partial charge in [-0.1, -0.05) is 30.3 Å². The quantitative estimate of drug-likeness (QED) is 0.563. The average Bonchev–Trinajstić information content (AvgIpc) is 3.11. The number of nitrogens with one attached hydrogen (secondary N) is 2. The lowest BCUT2D eigenvalue weighted by Crippen LogP contribution is -2.20. The number of rotatable bonds is 4. The summed E-state index contributed by atoms with van der Waals surface area (Å²) in [4.78, 5) is 31.6. The molecule has 2 aromatic heterocycles. The number of aromatic nitrogens is 2. The minimum absolute atomic E-state index is 0.0605. The third-order valence-corrected chi connectivity index (χ3v) is 4.81. The summed E-state index contributed by atoms with van der Waals surface area (Å²) in [5.41, 5.74) is 2.04. The molecule has 0 aliphatic heterocycles. The molecule has 0 bridgehead atoms. The SMILES string of the molecule is O=C(Cc1cc2ccccc2[nH]c1=O)Nc1nc(-c2cccc(F)c2)cs1. The summed E-state index contributed by atoms with van der Waals surface area (Å²) in [5.74, 6) is -0.683. The van der Waals surface area contributed by atoms with E-state index in [1.807, 2.05) is 24.3 Å². The summed E-state index contributed by atoms with van der Waals surface area (Å²) in [7, 11) is 0. The van der Waals surface area contributed by atoms with Gasteiger partial charge in [-0.3, -0.25) is 9.59 Å². The number of benzene rings is 2. The zero-order chi connectivity index (χ0) is 18.8. The van der Waals surface area contributed by atoms with Gasteiger partial charge in [-0.05, 0) is 29.7 Å². The van der Waals surface area contributed by atoms with Crippen molar-refractivity contribution in [1.82, 2.24) is 9.97 Å². The van der Waals surface area contributed by atoms with Crippen LogP contribution in [0.15, 0.2) is 64.8 Å². The molecule has 0 spiro atoms. The molecular weight excluding hydrogens is 365 g/mol. The van der Waals surface area contributed by atoms with Crippen LogP contribution in [0.5, 0.6) is 0 Å². The van der Waals surface area contributed by atoms with Crippen molar-refractivity contribution in [1.29, 1.82) is 0 Å². The molecule has 4 aromatic rings. The number of hydrogen-bond acceptors (Lipinski definition) is 4. The maximum Gasteiger partial charge on any atom is 0.252 e. The molecule has 7 heteroatoms. The number of carbonyl (C=O) groups excluding carboxylic acids is 1. The summed E-state index contributed by atoms with van der Waals surface area (Å²) in [6.45, 7) is 0. The Bertz CT molecular complexity index is 1200. The van der Waals surface area contributed by atoms with Crippen molar-refractivity contribution in [3.63, 3.8) is 0 Å². The van der Waals surface area contributed by atoms with E-state index >= 15 is 0 Å². The van der Waals surface area contributed by atoms with E-state index in [0.717, 1.165) is 10.9 Å². The van der Waals surface area contributed by atoms with Gasteiger partial charge in [-0.25, -0.2) is 9.37 Å². The molecule has 0 fully saturated rings. The lowest BCUT2D eigenvalue weighted by atomic mass is 10.1. The number of pyridine rings is 1. The van der Waals surface area contributed by atoms with Gasteiger partial charge in [0.2, 0.25) is 5.91 Å². The van der Waals surface area contributed by atoms with Gasteiger partial charge in [0.05, 0.1) is 12.1 Å². The normalized spacial score (nSPS) is 10.9. The Morgan fingerprint density at radius 2 is 2.00 bits per heavy atom. The molecule has 0 aliphatic carbocycles. The Morgan fingerprint density at radius 1 is 1.15 bits per heavy atom. The maximum atomic E-state index is 13.3. The first kappa shape index (κ1) is 17.1. The smallest absolute Gasteiger partial charge is 0.252 e. The number of hydrogen-bond donors (Lipinski definition) is 2. The number of halogens is 1. The first-order chi connectivity index (χ1) is 13.1. The molecule has 0 unspecified atom stereocenters. The third kappa shape index (κ3) is 3.78. The Morgan fingerprint density at radius 3 is 2.85 bits per heavy atom. The fraction of sp³-hybridized carbons (Fsp3) is 0.0500. The molecule has 5 nitrogen and oxygen atoms in total. The van der Waals surface area contributed by atoms with Crippen molar-refractivity contribution in [2.75, 3.05) is 5.32 Å². The van der Waals surface area contributed by atoms with E-state index in [4.69, 9.17) is 0 Å². The number of nitrogens with zero attached hydrogens (tertiary/aromatic N) is 1. The molecule has 1 amide bonds. The fourth-order valence-corrected chi connectivity index (χ4v) is 3.51. The highest BCUT2D eigenvalue weighted by Gasteiger charge is 2.12. The molecule has 2 heterocycles. The molecule has 0 saturated heterocycles. The summed E-state index contributed by atoms with van der Waals surface area (Å²) >= 11 is 1.24. The van der Waals surface area contributed by atoms with Gasteiger partial charge in [0.25, 0.3) is 5.56 Å². The number of anilines is 1. The second-order valence-corrected chi connectivity index (χ2v) is 6.84. The Hall–Kier alpha value is -3.32. The van der Waals surface area contributed by atoms with Gasteiger partial charge in [-0.2, -0.15) is 0 Å². The van der Waals surface area contributed by atoms with E-state index in [0.29, 0.717) is 22.0 Å². The van der Waals surface area contributed by atoms with Crippen LogP contribution >= 0.6 is 11.3 Å². The number of amides is 1. The number of H-pyrrole nitrogens is 1. The van der Waals surface area contributed by atoms with Crippen molar-refractivity contribution in [2.24, 2.45) is 0 Å². The largest absolute Gasteiger partial charge is 0.322 e. The molecule has 0 radical (unpaired) electrons. The molecule has 4 rings (SSSR count). The van der Waals surface area contributed by atoms with E-state index in [9.17, 15) is 14.0 Å². The molecule has 2 aromatic carbocycles. The first-order valence-electron chi connectivity index (χ1n) is 8.21. The van der Waals surface area contributed by atoms with Gasteiger partial charge in [0, 0.05) is 22.0 Å². The Kier molecular flexibility index (Phi) is 4.52. The van der Waals surface area contributed by atoms with E-state index in [2.05, 4.69) is 15.3 Å². The predicted molar refractivity (Wildman–Crippen MR) is 104 cm³/mol. The summed E-state index contributed by atoms with van der Waals surface area (Å²) in [6.07, 6.45) is -0.0605. The van der Waals surface area contributed by atoms with Crippen LogP contribution in [0.3, 0.4) is 0 Å². The van der Waals surface area contributed by atoms with Crippen LogP contribution in [-0.4, -0.2) is 15.9 Å². The lowest BCUT2D eigenvalue weighted by molar-refractivity contribution is -0.115. The number of aromatic amines is 1. The second kappa shape index (κ2) is 7.13. The van der Waals surface area contributed by atoms with E-state index in [1.165, 1.54) is 23.5 Å². The van der Waals surface area contributed by atoms with Gasteiger partial charge >= 0.3 is 0 Å². The average molecular weight is 379 g/mol. The van der Waals surface area contributed by atoms with E-state index < -0.39 is 0 Å². The zero-order valence-corrected chi connectivity index (χ0v) is 14.8. The second-order valence-electron chi connectivity index (χ2n) is 5.98. The van der Waals surface area contributed by atoms with Crippen molar-refractivity contribution in [3.8, 4) is 11.3 Å².